The van der Waals surface area contributed by atoms with Crippen LogP contribution in [0.25, 0.3) is 11.3 Å². The van der Waals surface area contributed by atoms with E-state index in [1.54, 1.807) is 20.0 Å². The van der Waals surface area contributed by atoms with Gasteiger partial charge >= 0.3 is 5.69 Å². The molecule has 1 aromatic heterocycles. The van der Waals surface area contributed by atoms with Crippen LogP contribution in [-0.4, -0.2) is 21.9 Å². The maximum Gasteiger partial charge on any atom is 0.313 e. The van der Waals surface area contributed by atoms with E-state index in [-0.39, 0.29) is 17.3 Å². The Labute approximate surface area is 108 Å². The maximum atomic E-state index is 13.6. The summed E-state index contributed by atoms with van der Waals surface area (Å²) < 4.78 is 13.6. The molecule has 0 fully saturated rings. The van der Waals surface area contributed by atoms with Crippen molar-refractivity contribution in [1.82, 2.24) is 9.97 Å². The predicted octanol–water partition coefficient (Wildman–Crippen LogP) is 2.54. The summed E-state index contributed by atoms with van der Waals surface area (Å²) in [7, 11) is 1.60. The minimum Gasteiger partial charge on any atom is -0.357 e. The third-order valence-corrected chi connectivity index (χ3v) is 2.71. The van der Waals surface area contributed by atoms with Crippen molar-refractivity contribution in [2.45, 2.75) is 6.92 Å². The van der Waals surface area contributed by atoms with Crippen LogP contribution in [0.4, 0.5) is 16.0 Å². The van der Waals surface area contributed by atoms with Gasteiger partial charge in [0.1, 0.15) is 12.0 Å². The van der Waals surface area contributed by atoms with E-state index in [4.69, 9.17) is 0 Å². The van der Waals surface area contributed by atoms with Gasteiger partial charge in [-0.3, -0.25) is 10.1 Å². The summed E-state index contributed by atoms with van der Waals surface area (Å²) in [6.07, 6.45) is 1.11. The van der Waals surface area contributed by atoms with Crippen molar-refractivity contribution < 1.29 is 9.31 Å². The fourth-order valence-electron chi connectivity index (χ4n) is 1.69. The summed E-state index contributed by atoms with van der Waals surface area (Å²) in [5.74, 6) is -0.194. The quantitative estimate of drug-likeness (QED) is 0.679. The Hall–Kier alpha value is -2.57. The van der Waals surface area contributed by atoms with Gasteiger partial charge in [0.2, 0.25) is 5.95 Å². The molecule has 2 rings (SSSR count). The largest absolute Gasteiger partial charge is 0.357 e. The lowest BCUT2D eigenvalue weighted by molar-refractivity contribution is -0.384. The summed E-state index contributed by atoms with van der Waals surface area (Å²) in [4.78, 5) is 18.3. The Morgan fingerprint density at radius 2 is 2.16 bits per heavy atom. The molecule has 0 atom stereocenters. The molecule has 7 heteroatoms. The molecule has 0 bridgehead atoms. The third kappa shape index (κ3) is 2.35. The van der Waals surface area contributed by atoms with E-state index < -0.39 is 10.7 Å². The number of anilines is 1. The third-order valence-electron chi connectivity index (χ3n) is 2.71. The highest BCUT2D eigenvalue weighted by molar-refractivity contribution is 5.72. The number of hydrogen-bond acceptors (Lipinski definition) is 5. The molecule has 0 saturated carbocycles. The van der Waals surface area contributed by atoms with Crippen molar-refractivity contribution in [2.24, 2.45) is 0 Å². The molecular weight excluding hydrogens is 251 g/mol. The minimum atomic E-state index is -0.584. The van der Waals surface area contributed by atoms with Gasteiger partial charge in [0.25, 0.3) is 0 Å². The van der Waals surface area contributed by atoms with Gasteiger partial charge < -0.3 is 5.32 Å². The monoisotopic (exact) mass is 262 g/mol. The first-order valence-corrected chi connectivity index (χ1v) is 5.49. The lowest BCUT2D eigenvalue weighted by atomic mass is 10.0. The Morgan fingerprint density at radius 3 is 2.79 bits per heavy atom. The van der Waals surface area contributed by atoms with E-state index >= 15 is 0 Å². The van der Waals surface area contributed by atoms with Crippen molar-refractivity contribution in [3.8, 4) is 11.3 Å². The van der Waals surface area contributed by atoms with E-state index in [0.29, 0.717) is 11.1 Å². The second kappa shape index (κ2) is 4.97. The highest BCUT2D eigenvalue weighted by Gasteiger charge is 2.21. The maximum absolute atomic E-state index is 13.6. The number of nitro groups is 1. The summed E-state index contributed by atoms with van der Waals surface area (Å²) in [5, 5.41) is 13.7. The zero-order chi connectivity index (χ0) is 14.0. The average molecular weight is 262 g/mol. The SMILES string of the molecule is CNc1ncc([N+](=O)[O-])c(-c2cccc(F)c2C)n1. The number of benzene rings is 1. The molecule has 6 nitrogen and oxygen atoms in total. The summed E-state index contributed by atoms with van der Waals surface area (Å²) in [5.41, 5.74) is 0.533. The average Bonchev–Trinajstić information content (AvgIpc) is 2.41. The topological polar surface area (TPSA) is 81.0 Å². The van der Waals surface area contributed by atoms with Crippen LogP contribution in [0.3, 0.4) is 0 Å². The standard InChI is InChI=1S/C12H11FN4O2/c1-7-8(4-3-5-9(7)13)11-10(17(18)19)6-15-12(14-2)16-11/h3-6H,1-2H3,(H,14,15,16). The summed E-state index contributed by atoms with van der Waals surface area (Å²) >= 11 is 0. The molecule has 1 heterocycles. The molecule has 0 amide bonds. The first kappa shape index (κ1) is 12.9. The molecular formula is C12H11FN4O2. The highest BCUT2D eigenvalue weighted by Crippen LogP contribution is 2.31. The van der Waals surface area contributed by atoms with Crippen molar-refractivity contribution in [3.63, 3.8) is 0 Å². The van der Waals surface area contributed by atoms with Crippen LogP contribution in [0.5, 0.6) is 0 Å². The van der Waals surface area contributed by atoms with Gasteiger partial charge in [-0.2, -0.15) is 0 Å². The predicted molar refractivity (Wildman–Crippen MR) is 68.4 cm³/mol. The van der Waals surface area contributed by atoms with Crippen LogP contribution < -0.4 is 5.32 Å². The zero-order valence-corrected chi connectivity index (χ0v) is 10.3. The van der Waals surface area contributed by atoms with Gasteiger partial charge in [0.05, 0.1) is 4.92 Å². The van der Waals surface area contributed by atoms with Crippen molar-refractivity contribution in [3.05, 3.63) is 45.9 Å². The van der Waals surface area contributed by atoms with Crippen molar-refractivity contribution in [1.29, 1.82) is 0 Å². The van der Waals surface area contributed by atoms with E-state index in [1.807, 2.05) is 0 Å². The molecule has 1 aromatic carbocycles. The number of nitrogens with zero attached hydrogens (tertiary/aromatic N) is 3. The molecule has 0 radical (unpaired) electrons. The lowest BCUT2D eigenvalue weighted by Crippen LogP contribution is -2.02. The van der Waals surface area contributed by atoms with Gasteiger partial charge in [0, 0.05) is 12.6 Å². The Balaban J connectivity index is 2.72. The normalized spacial score (nSPS) is 10.3. The van der Waals surface area contributed by atoms with E-state index in [2.05, 4.69) is 15.3 Å². The van der Waals surface area contributed by atoms with Gasteiger partial charge in [-0.15, -0.1) is 0 Å². The first-order valence-electron chi connectivity index (χ1n) is 5.49. The van der Waals surface area contributed by atoms with Crippen LogP contribution in [0.15, 0.2) is 24.4 Å². The van der Waals surface area contributed by atoms with Crippen molar-refractivity contribution in [2.75, 3.05) is 12.4 Å². The van der Waals surface area contributed by atoms with E-state index in [1.165, 1.54) is 12.1 Å². The van der Waals surface area contributed by atoms with Crippen LogP contribution in [-0.2, 0) is 0 Å². The van der Waals surface area contributed by atoms with Crippen LogP contribution in [0.1, 0.15) is 5.56 Å². The number of halogens is 1. The molecule has 0 aliphatic carbocycles. The molecule has 2 aromatic rings. The second-order valence-corrected chi connectivity index (χ2v) is 3.85. The minimum absolute atomic E-state index is 0.0985. The smallest absolute Gasteiger partial charge is 0.313 e. The molecule has 0 spiro atoms. The number of hydrogen-bond donors (Lipinski definition) is 1. The van der Waals surface area contributed by atoms with Gasteiger partial charge in [0.15, 0.2) is 5.69 Å². The Morgan fingerprint density at radius 1 is 1.42 bits per heavy atom. The molecule has 0 aliphatic rings. The second-order valence-electron chi connectivity index (χ2n) is 3.85. The Kier molecular flexibility index (Phi) is 3.37. The first-order chi connectivity index (χ1) is 9.04. The molecule has 0 aliphatic heterocycles. The molecule has 0 saturated heterocycles. The van der Waals surface area contributed by atoms with Gasteiger partial charge in [-0.25, -0.2) is 14.4 Å². The molecule has 0 unspecified atom stereocenters. The molecule has 19 heavy (non-hydrogen) atoms. The number of rotatable bonds is 3. The number of nitrogens with one attached hydrogen (secondary N) is 1. The molecule has 1 N–H and O–H groups in total. The van der Waals surface area contributed by atoms with Crippen LogP contribution in [0.2, 0.25) is 0 Å². The van der Waals surface area contributed by atoms with Crippen LogP contribution in [0, 0.1) is 22.9 Å². The van der Waals surface area contributed by atoms with E-state index in [9.17, 15) is 14.5 Å². The van der Waals surface area contributed by atoms with Gasteiger partial charge in [-0.1, -0.05) is 12.1 Å². The number of aromatic nitrogens is 2. The van der Waals surface area contributed by atoms with Gasteiger partial charge in [-0.05, 0) is 18.6 Å². The van der Waals surface area contributed by atoms with Crippen molar-refractivity contribution >= 4 is 11.6 Å². The lowest BCUT2D eigenvalue weighted by Gasteiger charge is -2.07. The highest BCUT2D eigenvalue weighted by atomic mass is 19.1. The van der Waals surface area contributed by atoms with Crippen LogP contribution >= 0.6 is 0 Å². The fourth-order valence-corrected chi connectivity index (χ4v) is 1.69. The van der Waals surface area contributed by atoms with E-state index in [0.717, 1.165) is 6.20 Å². The summed E-state index contributed by atoms with van der Waals surface area (Å²) in [6.45, 7) is 1.55. The molecule has 98 valence electrons. The Bertz CT molecular complexity index is 646. The fraction of sp³-hybridized carbons (Fsp3) is 0.167. The summed E-state index contributed by atoms with van der Waals surface area (Å²) in [6, 6.07) is 4.38. The zero-order valence-electron chi connectivity index (χ0n) is 10.3.